The number of amides is 1. The zero-order valence-electron chi connectivity index (χ0n) is 9.80. The number of hydrogen-bond donors (Lipinski definition) is 2. The van der Waals surface area contributed by atoms with Crippen LogP contribution < -0.4 is 10.6 Å². The van der Waals surface area contributed by atoms with Crippen LogP contribution in [0.5, 0.6) is 0 Å². The van der Waals surface area contributed by atoms with E-state index in [0.717, 1.165) is 6.07 Å². The monoisotopic (exact) mass is 235 g/mol. The third-order valence-electron chi connectivity index (χ3n) is 2.28. The molecule has 0 saturated heterocycles. The average molecular weight is 235 g/mol. The summed E-state index contributed by atoms with van der Waals surface area (Å²) in [7, 11) is 0. The molecule has 0 heterocycles. The van der Waals surface area contributed by atoms with Crippen molar-refractivity contribution in [2.24, 2.45) is 0 Å². The number of rotatable bonds is 4. The second-order valence-electron chi connectivity index (χ2n) is 3.57. The summed E-state index contributed by atoms with van der Waals surface area (Å²) in [5, 5.41) is 14.1. The molecule has 5 heteroatoms. The van der Waals surface area contributed by atoms with E-state index >= 15 is 0 Å². The lowest BCUT2D eigenvalue weighted by molar-refractivity contribution is -0.115. The highest BCUT2D eigenvalue weighted by molar-refractivity contribution is 5.93. The van der Waals surface area contributed by atoms with Crippen LogP contribution in [0.15, 0.2) is 12.1 Å². The van der Waals surface area contributed by atoms with Gasteiger partial charge >= 0.3 is 0 Å². The molecule has 1 rings (SSSR count). The molecule has 0 aliphatic heterocycles. The van der Waals surface area contributed by atoms with Gasteiger partial charge in [-0.1, -0.05) is 6.92 Å². The van der Waals surface area contributed by atoms with Gasteiger partial charge in [0.1, 0.15) is 5.82 Å². The summed E-state index contributed by atoms with van der Waals surface area (Å²) in [5.74, 6) is -0.757. The minimum atomic E-state index is -0.497. The van der Waals surface area contributed by atoms with E-state index in [1.54, 1.807) is 6.92 Å². The van der Waals surface area contributed by atoms with Gasteiger partial charge in [0, 0.05) is 11.3 Å². The molecule has 2 N–H and O–H groups in total. The van der Waals surface area contributed by atoms with Gasteiger partial charge in [-0.2, -0.15) is 5.26 Å². The maximum Gasteiger partial charge on any atom is 0.238 e. The van der Waals surface area contributed by atoms with Gasteiger partial charge in [0.2, 0.25) is 5.91 Å². The summed E-state index contributed by atoms with van der Waals surface area (Å²) < 4.78 is 13.4. The van der Waals surface area contributed by atoms with Crippen LogP contribution in [0.4, 0.5) is 10.1 Å². The zero-order chi connectivity index (χ0) is 12.8. The molecule has 0 unspecified atom stereocenters. The normalized spacial score (nSPS) is 9.76. The van der Waals surface area contributed by atoms with Crippen molar-refractivity contribution < 1.29 is 9.18 Å². The third-order valence-corrected chi connectivity index (χ3v) is 2.28. The molecule has 0 fully saturated rings. The van der Waals surface area contributed by atoms with Crippen LogP contribution in [0.25, 0.3) is 0 Å². The molecule has 0 aliphatic rings. The van der Waals surface area contributed by atoms with Crippen molar-refractivity contribution in [3.63, 3.8) is 0 Å². The van der Waals surface area contributed by atoms with Crippen LogP contribution in [-0.2, 0) is 4.79 Å². The highest BCUT2D eigenvalue weighted by Crippen LogP contribution is 2.20. The fourth-order valence-electron chi connectivity index (χ4n) is 1.31. The predicted octanol–water partition coefficient (Wildman–Crippen LogP) is 1.55. The van der Waals surface area contributed by atoms with Crippen molar-refractivity contribution in [1.29, 1.82) is 5.26 Å². The van der Waals surface area contributed by atoms with Crippen molar-refractivity contribution in [3.05, 3.63) is 29.1 Å². The Morgan fingerprint density at radius 1 is 1.53 bits per heavy atom. The van der Waals surface area contributed by atoms with Crippen molar-refractivity contribution in [2.45, 2.75) is 13.8 Å². The van der Waals surface area contributed by atoms with Crippen LogP contribution in [0, 0.1) is 24.1 Å². The van der Waals surface area contributed by atoms with Gasteiger partial charge in [0.25, 0.3) is 0 Å². The van der Waals surface area contributed by atoms with E-state index in [1.165, 1.54) is 6.07 Å². The van der Waals surface area contributed by atoms with Gasteiger partial charge in [-0.05, 0) is 25.6 Å². The fourth-order valence-corrected chi connectivity index (χ4v) is 1.31. The molecule has 1 aromatic rings. The summed E-state index contributed by atoms with van der Waals surface area (Å²) in [6.07, 6.45) is 0. The van der Waals surface area contributed by atoms with Gasteiger partial charge < -0.3 is 10.6 Å². The summed E-state index contributed by atoms with van der Waals surface area (Å²) in [6.45, 7) is 4.28. The Hall–Kier alpha value is -1.93. The quantitative estimate of drug-likeness (QED) is 0.832. The van der Waals surface area contributed by atoms with Crippen LogP contribution in [0.3, 0.4) is 0 Å². The lowest BCUT2D eigenvalue weighted by atomic mass is 10.1. The summed E-state index contributed by atoms with van der Waals surface area (Å²) >= 11 is 0. The molecular weight excluding hydrogens is 221 g/mol. The number of likely N-dealkylation sites (N-methyl/N-ethyl adjacent to an activating group) is 1. The minimum Gasteiger partial charge on any atom is -0.325 e. The molecule has 90 valence electrons. The Labute approximate surface area is 99.4 Å². The summed E-state index contributed by atoms with van der Waals surface area (Å²) in [6, 6.07) is 4.45. The predicted molar refractivity (Wildman–Crippen MR) is 63.0 cm³/mol. The Morgan fingerprint density at radius 2 is 2.24 bits per heavy atom. The van der Waals surface area contributed by atoms with E-state index < -0.39 is 5.82 Å². The number of carbonyl (C=O) groups is 1. The van der Waals surface area contributed by atoms with E-state index in [9.17, 15) is 9.18 Å². The molecule has 0 aromatic heterocycles. The summed E-state index contributed by atoms with van der Waals surface area (Å²) in [5.41, 5.74) is 0.852. The van der Waals surface area contributed by atoms with E-state index in [0.29, 0.717) is 17.8 Å². The Morgan fingerprint density at radius 3 is 2.82 bits per heavy atom. The standard InChI is InChI=1S/C12H14FN3O/c1-3-15-7-12(17)16-11-5-9(6-14)4-10(13)8(11)2/h4-5,15H,3,7H2,1-2H3,(H,16,17). The van der Waals surface area contributed by atoms with E-state index in [1.807, 2.05) is 13.0 Å². The molecule has 0 atom stereocenters. The molecule has 1 aromatic carbocycles. The summed E-state index contributed by atoms with van der Waals surface area (Å²) in [4.78, 5) is 11.5. The first-order chi connectivity index (χ1) is 8.08. The number of halogens is 1. The highest BCUT2D eigenvalue weighted by Gasteiger charge is 2.09. The van der Waals surface area contributed by atoms with E-state index in [2.05, 4.69) is 10.6 Å². The molecule has 0 saturated carbocycles. The number of hydrogen-bond acceptors (Lipinski definition) is 3. The molecule has 0 spiro atoms. The zero-order valence-corrected chi connectivity index (χ0v) is 9.80. The lowest BCUT2D eigenvalue weighted by Crippen LogP contribution is -2.28. The van der Waals surface area contributed by atoms with Crippen LogP contribution in [-0.4, -0.2) is 19.0 Å². The Kier molecular flexibility index (Phi) is 4.61. The fraction of sp³-hybridized carbons (Fsp3) is 0.333. The van der Waals surface area contributed by atoms with Crippen LogP contribution >= 0.6 is 0 Å². The molecule has 0 bridgehead atoms. The van der Waals surface area contributed by atoms with Crippen LogP contribution in [0.1, 0.15) is 18.1 Å². The van der Waals surface area contributed by atoms with Crippen LogP contribution in [0.2, 0.25) is 0 Å². The van der Waals surface area contributed by atoms with Crippen molar-refractivity contribution in [3.8, 4) is 6.07 Å². The molecule has 1 amide bonds. The number of nitrogens with one attached hydrogen (secondary N) is 2. The second kappa shape index (κ2) is 5.97. The van der Waals surface area contributed by atoms with Gasteiger partial charge in [0.15, 0.2) is 0 Å². The van der Waals surface area contributed by atoms with Gasteiger partial charge in [-0.15, -0.1) is 0 Å². The number of anilines is 1. The number of nitrogens with zero attached hydrogens (tertiary/aromatic N) is 1. The maximum atomic E-state index is 13.4. The Balaban J connectivity index is 2.87. The number of benzene rings is 1. The first-order valence-electron chi connectivity index (χ1n) is 5.29. The second-order valence-corrected chi connectivity index (χ2v) is 3.57. The lowest BCUT2D eigenvalue weighted by Gasteiger charge is -2.09. The minimum absolute atomic E-state index is 0.161. The van der Waals surface area contributed by atoms with Crippen molar-refractivity contribution in [2.75, 3.05) is 18.4 Å². The molecular formula is C12H14FN3O. The maximum absolute atomic E-state index is 13.4. The average Bonchev–Trinajstić information content (AvgIpc) is 2.32. The van der Waals surface area contributed by atoms with Gasteiger partial charge in [0.05, 0.1) is 18.2 Å². The Bertz CT molecular complexity index is 466. The number of carbonyl (C=O) groups excluding carboxylic acids is 1. The van der Waals surface area contributed by atoms with Crippen molar-refractivity contribution in [1.82, 2.24) is 5.32 Å². The topological polar surface area (TPSA) is 64.9 Å². The third kappa shape index (κ3) is 3.54. The molecule has 17 heavy (non-hydrogen) atoms. The van der Waals surface area contributed by atoms with Gasteiger partial charge in [-0.25, -0.2) is 4.39 Å². The van der Waals surface area contributed by atoms with Gasteiger partial charge in [-0.3, -0.25) is 4.79 Å². The largest absolute Gasteiger partial charge is 0.325 e. The highest BCUT2D eigenvalue weighted by atomic mass is 19.1. The first-order valence-corrected chi connectivity index (χ1v) is 5.29. The van der Waals surface area contributed by atoms with E-state index in [4.69, 9.17) is 5.26 Å². The smallest absolute Gasteiger partial charge is 0.238 e. The van der Waals surface area contributed by atoms with Crippen molar-refractivity contribution >= 4 is 11.6 Å². The molecule has 0 radical (unpaired) electrons. The number of nitriles is 1. The molecule has 4 nitrogen and oxygen atoms in total. The molecule has 0 aliphatic carbocycles. The van der Waals surface area contributed by atoms with E-state index in [-0.39, 0.29) is 18.0 Å². The first kappa shape index (κ1) is 13.1. The SMILES string of the molecule is CCNCC(=O)Nc1cc(C#N)cc(F)c1C.